The van der Waals surface area contributed by atoms with Crippen molar-refractivity contribution in [1.82, 2.24) is 9.97 Å². The number of nitrogens with zero attached hydrogens (tertiary/aromatic N) is 2. The highest BCUT2D eigenvalue weighted by Crippen LogP contribution is 2.25. The van der Waals surface area contributed by atoms with Crippen molar-refractivity contribution in [3.63, 3.8) is 0 Å². The molecule has 0 spiro atoms. The summed E-state index contributed by atoms with van der Waals surface area (Å²) in [5.41, 5.74) is 0.900. The van der Waals surface area contributed by atoms with E-state index in [2.05, 4.69) is 15.3 Å². The van der Waals surface area contributed by atoms with Crippen molar-refractivity contribution in [3.8, 4) is 11.9 Å². The van der Waals surface area contributed by atoms with Crippen LogP contribution in [-0.2, 0) is 9.53 Å². The monoisotopic (exact) mass is 322 g/mol. The summed E-state index contributed by atoms with van der Waals surface area (Å²) in [6.07, 6.45) is 2.93. The van der Waals surface area contributed by atoms with E-state index < -0.39 is 5.97 Å². The van der Waals surface area contributed by atoms with E-state index in [1.54, 1.807) is 6.92 Å². The molecule has 1 aromatic heterocycles. The standard InChI is InChI=1S/C15H22N4O4/c1-6-23-14(20)10(16)7-11(9(2)3)18-12-8-17-15(22-5)19-13(12)21-4/h7-9,16,18H,6H2,1-5H3/b11-7-,16-10?. The highest BCUT2D eigenvalue weighted by atomic mass is 16.5. The number of rotatable bonds is 8. The van der Waals surface area contributed by atoms with Crippen molar-refractivity contribution in [3.05, 3.63) is 18.0 Å². The summed E-state index contributed by atoms with van der Waals surface area (Å²) in [4.78, 5) is 19.7. The fraction of sp³-hybridized carbons (Fsp3) is 0.467. The highest BCUT2D eigenvalue weighted by molar-refractivity contribution is 6.40. The lowest BCUT2D eigenvalue weighted by Gasteiger charge is -2.16. The lowest BCUT2D eigenvalue weighted by Crippen LogP contribution is -2.17. The molecule has 0 unspecified atom stereocenters. The Hall–Kier alpha value is -2.64. The van der Waals surface area contributed by atoms with Crippen LogP contribution in [0, 0.1) is 11.3 Å². The van der Waals surface area contributed by atoms with Gasteiger partial charge in [-0.1, -0.05) is 13.8 Å². The maximum absolute atomic E-state index is 11.6. The molecule has 1 aromatic rings. The van der Waals surface area contributed by atoms with E-state index in [1.165, 1.54) is 26.5 Å². The van der Waals surface area contributed by atoms with Crippen molar-refractivity contribution in [2.24, 2.45) is 5.92 Å². The van der Waals surface area contributed by atoms with E-state index in [0.717, 1.165) is 0 Å². The maximum Gasteiger partial charge on any atom is 0.356 e. The van der Waals surface area contributed by atoms with E-state index in [9.17, 15) is 4.79 Å². The first-order valence-corrected chi connectivity index (χ1v) is 7.12. The van der Waals surface area contributed by atoms with Crippen LogP contribution in [0.1, 0.15) is 20.8 Å². The average Bonchev–Trinajstić information content (AvgIpc) is 2.54. The Kier molecular flexibility index (Phi) is 6.98. The van der Waals surface area contributed by atoms with Gasteiger partial charge in [0.2, 0.25) is 5.88 Å². The van der Waals surface area contributed by atoms with Gasteiger partial charge in [-0.3, -0.25) is 5.41 Å². The van der Waals surface area contributed by atoms with E-state index in [-0.39, 0.29) is 24.2 Å². The van der Waals surface area contributed by atoms with Gasteiger partial charge in [-0.25, -0.2) is 9.78 Å². The van der Waals surface area contributed by atoms with Crippen LogP contribution in [0.4, 0.5) is 5.69 Å². The third-order valence-corrected chi connectivity index (χ3v) is 2.80. The van der Waals surface area contributed by atoms with Crippen LogP contribution in [0.25, 0.3) is 0 Å². The summed E-state index contributed by atoms with van der Waals surface area (Å²) in [5.74, 6) is -0.354. The van der Waals surface area contributed by atoms with Crippen LogP contribution in [0.5, 0.6) is 11.9 Å². The van der Waals surface area contributed by atoms with Gasteiger partial charge in [0.05, 0.1) is 27.0 Å². The molecule has 1 heterocycles. The molecule has 126 valence electrons. The zero-order valence-corrected chi connectivity index (χ0v) is 14.0. The molecule has 8 nitrogen and oxygen atoms in total. The summed E-state index contributed by atoms with van der Waals surface area (Å²) < 4.78 is 14.9. The minimum atomic E-state index is -0.676. The number of hydrogen-bond donors (Lipinski definition) is 2. The second-order valence-electron chi connectivity index (χ2n) is 4.79. The smallest absolute Gasteiger partial charge is 0.356 e. The number of ether oxygens (including phenoxy) is 3. The van der Waals surface area contributed by atoms with Gasteiger partial charge < -0.3 is 19.5 Å². The first kappa shape index (κ1) is 18.4. The largest absolute Gasteiger partial charge is 0.479 e. The predicted octanol–water partition coefficient (Wildman–Crippen LogP) is 2.03. The topological polar surface area (TPSA) is 106 Å². The summed E-state index contributed by atoms with van der Waals surface area (Å²) in [6, 6.07) is 0.182. The van der Waals surface area contributed by atoms with Gasteiger partial charge in [-0.2, -0.15) is 4.98 Å². The Morgan fingerprint density at radius 1 is 1.39 bits per heavy atom. The van der Waals surface area contributed by atoms with Crippen molar-refractivity contribution in [2.45, 2.75) is 20.8 Å². The normalized spacial score (nSPS) is 11.1. The van der Waals surface area contributed by atoms with Crippen molar-refractivity contribution >= 4 is 17.4 Å². The summed E-state index contributed by atoms with van der Waals surface area (Å²) in [6.45, 7) is 5.76. The molecule has 0 saturated carbocycles. The first-order chi connectivity index (χ1) is 10.9. The minimum absolute atomic E-state index is 0.0246. The van der Waals surface area contributed by atoms with E-state index >= 15 is 0 Å². The molecule has 0 radical (unpaired) electrons. The number of anilines is 1. The van der Waals surface area contributed by atoms with Gasteiger partial charge in [0, 0.05) is 5.70 Å². The molecule has 0 fully saturated rings. The number of carbonyl (C=O) groups is 1. The molecule has 0 aliphatic carbocycles. The molecule has 0 aliphatic rings. The molecule has 0 aliphatic heterocycles. The highest BCUT2D eigenvalue weighted by Gasteiger charge is 2.14. The first-order valence-electron chi connectivity index (χ1n) is 7.12. The van der Waals surface area contributed by atoms with E-state index in [4.69, 9.17) is 19.6 Å². The van der Waals surface area contributed by atoms with Crippen LogP contribution < -0.4 is 14.8 Å². The van der Waals surface area contributed by atoms with Gasteiger partial charge in [-0.15, -0.1) is 0 Å². The van der Waals surface area contributed by atoms with Gasteiger partial charge in [0.25, 0.3) is 0 Å². The second-order valence-corrected chi connectivity index (χ2v) is 4.79. The van der Waals surface area contributed by atoms with Gasteiger partial charge in [-0.05, 0) is 18.9 Å². The summed E-state index contributed by atoms with van der Waals surface area (Å²) in [5, 5.41) is 10.9. The Morgan fingerprint density at radius 2 is 2.09 bits per heavy atom. The number of aromatic nitrogens is 2. The lowest BCUT2D eigenvalue weighted by molar-refractivity contribution is -0.135. The number of methoxy groups -OCH3 is 2. The Labute approximate surface area is 135 Å². The number of hydrogen-bond acceptors (Lipinski definition) is 8. The Morgan fingerprint density at radius 3 is 2.61 bits per heavy atom. The van der Waals surface area contributed by atoms with Crippen LogP contribution in [-0.4, -0.2) is 42.5 Å². The molecule has 0 saturated heterocycles. The minimum Gasteiger partial charge on any atom is -0.479 e. The number of allylic oxidation sites excluding steroid dienone is 1. The molecular weight excluding hydrogens is 300 g/mol. The average molecular weight is 322 g/mol. The quantitative estimate of drug-likeness (QED) is 0.557. The molecule has 0 aromatic carbocycles. The van der Waals surface area contributed by atoms with Crippen LogP contribution in [0.2, 0.25) is 0 Å². The van der Waals surface area contributed by atoms with E-state index in [1.807, 2.05) is 13.8 Å². The van der Waals surface area contributed by atoms with Crippen molar-refractivity contribution in [1.29, 1.82) is 5.41 Å². The Balaban J connectivity index is 3.05. The van der Waals surface area contributed by atoms with Crippen LogP contribution >= 0.6 is 0 Å². The fourth-order valence-corrected chi connectivity index (χ4v) is 1.62. The molecule has 0 bridgehead atoms. The molecule has 0 amide bonds. The van der Waals surface area contributed by atoms with Gasteiger partial charge in [0.1, 0.15) is 11.4 Å². The third-order valence-electron chi connectivity index (χ3n) is 2.80. The van der Waals surface area contributed by atoms with Gasteiger partial charge in [0.15, 0.2) is 0 Å². The second kappa shape index (κ2) is 8.72. The molecule has 23 heavy (non-hydrogen) atoms. The summed E-state index contributed by atoms with van der Waals surface area (Å²) >= 11 is 0. The zero-order valence-electron chi connectivity index (χ0n) is 14.0. The Bertz CT molecular complexity index is 599. The number of carbonyl (C=O) groups excluding carboxylic acids is 1. The third kappa shape index (κ3) is 5.24. The van der Waals surface area contributed by atoms with Crippen LogP contribution in [0.15, 0.2) is 18.0 Å². The van der Waals surface area contributed by atoms with E-state index in [0.29, 0.717) is 17.3 Å². The summed E-state index contributed by atoms with van der Waals surface area (Å²) in [7, 11) is 2.94. The SMILES string of the molecule is CCOC(=O)C(=N)/C=C(\Nc1cnc(OC)nc1OC)C(C)C. The molecule has 0 atom stereocenters. The molecule has 2 N–H and O–H groups in total. The molecule has 1 rings (SSSR count). The van der Waals surface area contributed by atoms with Crippen LogP contribution in [0.3, 0.4) is 0 Å². The van der Waals surface area contributed by atoms with Crippen molar-refractivity contribution in [2.75, 3.05) is 26.1 Å². The van der Waals surface area contributed by atoms with Crippen molar-refractivity contribution < 1.29 is 19.0 Å². The molecule has 8 heteroatoms. The number of nitrogens with one attached hydrogen (secondary N) is 2. The lowest BCUT2D eigenvalue weighted by atomic mass is 10.1. The maximum atomic E-state index is 11.6. The number of esters is 1. The fourth-order valence-electron chi connectivity index (χ4n) is 1.62. The van der Waals surface area contributed by atoms with Gasteiger partial charge >= 0.3 is 12.0 Å². The zero-order chi connectivity index (χ0) is 17.4. The predicted molar refractivity (Wildman–Crippen MR) is 86.0 cm³/mol. The molecular formula is C15H22N4O4.